The van der Waals surface area contributed by atoms with Crippen LogP contribution in [-0.2, 0) is 6.54 Å². The second-order valence-corrected chi connectivity index (χ2v) is 7.44. The standard InChI is InChI=1S/C22H22ClN3O3/c1-28-19-8-2-16(3-9-19)15-25-10-12-26(13-11-25)22(27)20-14-21(29-24-20)17-4-6-18(23)7-5-17/h2-9,14H,10-13,15H2,1H3. The molecule has 7 heteroatoms. The lowest BCUT2D eigenvalue weighted by Crippen LogP contribution is -2.48. The van der Waals surface area contributed by atoms with Crippen LogP contribution in [0.2, 0.25) is 5.02 Å². The zero-order valence-electron chi connectivity index (χ0n) is 16.2. The number of methoxy groups -OCH3 is 1. The van der Waals surface area contributed by atoms with Gasteiger partial charge in [0.25, 0.3) is 5.91 Å². The maximum absolute atomic E-state index is 12.8. The minimum atomic E-state index is -0.0990. The van der Waals surface area contributed by atoms with Gasteiger partial charge in [0.05, 0.1) is 7.11 Å². The molecule has 0 atom stereocenters. The van der Waals surface area contributed by atoms with Gasteiger partial charge in [-0.25, -0.2) is 0 Å². The summed E-state index contributed by atoms with van der Waals surface area (Å²) in [6.07, 6.45) is 0. The number of nitrogens with zero attached hydrogens (tertiary/aromatic N) is 3. The van der Waals surface area contributed by atoms with E-state index in [2.05, 4.69) is 22.2 Å². The molecule has 150 valence electrons. The van der Waals surface area contributed by atoms with E-state index in [1.54, 1.807) is 25.3 Å². The van der Waals surface area contributed by atoms with Crippen molar-refractivity contribution in [2.45, 2.75) is 6.54 Å². The highest BCUT2D eigenvalue weighted by atomic mass is 35.5. The van der Waals surface area contributed by atoms with Crippen LogP contribution in [0.15, 0.2) is 59.1 Å². The lowest BCUT2D eigenvalue weighted by Gasteiger charge is -2.34. The van der Waals surface area contributed by atoms with Crippen molar-refractivity contribution < 1.29 is 14.1 Å². The third-order valence-electron chi connectivity index (χ3n) is 5.08. The molecule has 0 spiro atoms. The molecule has 1 aliphatic heterocycles. The Morgan fingerprint density at radius 1 is 1.07 bits per heavy atom. The maximum Gasteiger partial charge on any atom is 0.276 e. The second kappa shape index (κ2) is 8.68. The monoisotopic (exact) mass is 411 g/mol. The normalized spacial score (nSPS) is 14.8. The van der Waals surface area contributed by atoms with E-state index in [1.807, 2.05) is 29.2 Å². The zero-order chi connectivity index (χ0) is 20.2. The fourth-order valence-electron chi connectivity index (χ4n) is 3.39. The Balaban J connectivity index is 1.33. The van der Waals surface area contributed by atoms with E-state index >= 15 is 0 Å². The summed E-state index contributed by atoms with van der Waals surface area (Å²) in [7, 11) is 1.67. The number of hydrogen-bond donors (Lipinski definition) is 0. The van der Waals surface area contributed by atoms with Crippen molar-refractivity contribution in [2.75, 3.05) is 33.3 Å². The number of aromatic nitrogens is 1. The first-order valence-electron chi connectivity index (χ1n) is 9.49. The highest BCUT2D eigenvalue weighted by Crippen LogP contribution is 2.23. The first-order valence-corrected chi connectivity index (χ1v) is 9.87. The average molecular weight is 412 g/mol. The molecule has 2 heterocycles. The molecule has 1 saturated heterocycles. The Hall–Kier alpha value is -2.83. The van der Waals surface area contributed by atoms with Crippen LogP contribution in [0, 0.1) is 0 Å². The number of halogens is 1. The Labute approximate surface area is 174 Å². The van der Waals surface area contributed by atoms with Crippen LogP contribution in [0.3, 0.4) is 0 Å². The van der Waals surface area contributed by atoms with Crippen molar-refractivity contribution in [3.05, 3.63) is 70.9 Å². The second-order valence-electron chi connectivity index (χ2n) is 7.00. The molecule has 0 saturated carbocycles. The molecular formula is C22H22ClN3O3. The summed E-state index contributed by atoms with van der Waals surface area (Å²) in [5.74, 6) is 1.32. The lowest BCUT2D eigenvalue weighted by atomic mass is 10.1. The first-order chi connectivity index (χ1) is 14.1. The number of ether oxygens (including phenoxy) is 1. The number of piperazine rings is 1. The summed E-state index contributed by atoms with van der Waals surface area (Å²) < 4.78 is 10.6. The molecular weight excluding hydrogens is 390 g/mol. The molecule has 29 heavy (non-hydrogen) atoms. The van der Waals surface area contributed by atoms with Crippen molar-refractivity contribution in [1.29, 1.82) is 0 Å². The van der Waals surface area contributed by atoms with E-state index in [1.165, 1.54) is 5.56 Å². The van der Waals surface area contributed by atoms with Gasteiger partial charge >= 0.3 is 0 Å². The summed E-state index contributed by atoms with van der Waals surface area (Å²) in [5.41, 5.74) is 2.40. The van der Waals surface area contributed by atoms with Gasteiger partial charge in [0, 0.05) is 49.4 Å². The molecule has 1 aliphatic rings. The van der Waals surface area contributed by atoms with Gasteiger partial charge in [-0.1, -0.05) is 28.9 Å². The summed E-state index contributed by atoms with van der Waals surface area (Å²) >= 11 is 5.92. The molecule has 1 amide bonds. The quantitative estimate of drug-likeness (QED) is 0.636. The molecule has 0 N–H and O–H groups in total. The maximum atomic E-state index is 12.8. The van der Waals surface area contributed by atoms with Gasteiger partial charge in [0.2, 0.25) is 0 Å². The molecule has 0 bridgehead atoms. The third-order valence-corrected chi connectivity index (χ3v) is 5.33. The SMILES string of the molecule is COc1ccc(CN2CCN(C(=O)c3cc(-c4ccc(Cl)cc4)on3)CC2)cc1. The molecule has 2 aromatic carbocycles. The predicted molar refractivity (Wildman–Crippen MR) is 111 cm³/mol. The first kappa shape index (κ1) is 19.5. The molecule has 3 aromatic rings. The van der Waals surface area contributed by atoms with Crippen molar-refractivity contribution in [2.24, 2.45) is 0 Å². The zero-order valence-corrected chi connectivity index (χ0v) is 16.9. The Morgan fingerprint density at radius 2 is 1.76 bits per heavy atom. The lowest BCUT2D eigenvalue weighted by molar-refractivity contribution is 0.0618. The molecule has 1 aromatic heterocycles. The van der Waals surface area contributed by atoms with Crippen molar-refractivity contribution in [1.82, 2.24) is 15.0 Å². The van der Waals surface area contributed by atoms with Crippen LogP contribution >= 0.6 is 11.6 Å². The van der Waals surface area contributed by atoms with E-state index in [-0.39, 0.29) is 5.91 Å². The van der Waals surface area contributed by atoms with Gasteiger partial charge in [-0.15, -0.1) is 0 Å². The minimum absolute atomic E-state index is 0.0990. The van der Waals surface area contributed by atoms with E-state index in [0.717, 1.165) is 30.9 Å². The number of carbonyl (C=O) groups is 1. The third kappa shape index (κ3) is 4.60. The Kier molecular flexibility index (Phi) is 5.83. The topological polar surface area (TPSA) is 58.8 Å². The molecule has 0 unspecified atom stereocenters. The van der Waals surface area contributed by atoms with Crippen LogP contribution in [0.4, 0.5) is 0 Å². The van der Waals surface area contributed by atoms with Crippen LogP contribution in [0.25, 0.3) is 11.3 Å². The summed E-state index contributed by atoms with van der Waals surface area (Å²) in [4.78, 5) is 17.0. The molecule has 1 fully saturated rings. The van der Waals surface area contributed by atoms with E-state index in [0.29, 0.717) is 29.6 Å². The molecule has 0 radical (unpaired) electrons. The van der Waals surface area contributed by atoms with Gasteiger partial charge in [-0.3, -0.25) is 9.69 Å². The van der Waals surface area contributed by atoms with E-state index in [4.69, 9.17) is 20.9 Å². The Morgan fingerprint density at radius 3 is 2.41 bits per heavy atom. The largest absolute Gasteiger partial charge is 0.497 e. The summed E-state index contributed by atoms with van der Waals surface area (Å²) in [6.45, 7) is 3.83. The van der Waals surface area contributed by atoms with Gasteiger partial charge in [-0.2, -0.15) is 0 Å². The van der Waals surface area contributed by atoms with Gasteiger partial charge in [0.15, 0.2) is 11.5 Å². The smallest absolute Gasteiger partial charge is 0.276 e. The number of hydrogen-bond acceptors (Lipinski definition) is 5. The average Bonchev–Trinajstić information content (AvgIpc) is 3.25. The van der Waals surface area contributed by atoms with Crippen molar-refractivity contribution in [3.63, 3.8) is 0 Å². The molecule has 6 nitrogen and oxygen atoms in total. The fourth-order valence-corrected chi connectivity index (χ4v) is 3.51. The van der Waals surface area contributed by atoms with Crippen LogP contribution in [0.5, 0.6) is 5.75 Å². The minimum Gasteiger partial charge on any atom is -0.497 e. The van der Waals surface area contributed by atoms with Gasteiger partial charge in [0.1, 0.15) is 5.75 Å². The van der Waals surface area contributed by atoms with Crippen LogP contribution in [-0.4, -0.2) is 54.2 Å². The highest BCUT2D eigenvalue weighted by Gasteiger charge is 2.24. The number of carbonyl (C=O) groups excluding carboxylic acids is 1. The van der Waals surface area contributed by atoms with Crippen molar-refractivity contribution in [3.8, 4) is 17.1 Å². The summed E-state index contributed by atoms with van der Waals surface area (Å²) in [5, 5.41) is 4.62. The summed E-state index contributed by atoms with van der Waals surface area (Å²) in [6, 6.07) is 17.0. The van der Waals surface area contributed by atoms with Gasteiger partial charge < -0.3 is 14.2 Å². The fraction of sp³-hybridized carbons (Fsp3) is 0.273. The Bertz CT molecular complexity index is 962. The number of rotatable bonds is 5. The molecule has 4 rings (SSSR count). The molecule has 0 aliphatic carbocycles. The van der Waals surface area contributed by atoms with E-state index in [9.17, 15) is 4.79 Å². The van der Waals surface area contributed by atoms with Crippen LogP contribution < -0.4 is 4.74 Å². The number of benzene rings is 2. The van der Waals surface area contributed by atoms with Crippen LogP contribution in [0.1, 0.15) is 16.1 Å². The highest BCUT2D eigenvalue weighted by molar-refractivity contribution is 6.30. The van der Waals surface area contributed by atoms with E-state index < -0.39 is 0 Å². The predicted octanol–water partition coefficient (Wildman–Crippen LogP) is 3.96. The van der Waals surface area contributed by atoms with Gasteiger partial charge in [-0.05, 0) is 42.0 Å². The number of amides is 1. The van der Waals surface area contributed by atoms with Crippen molar-refractivity contribution >= 4 is 17.5 Å².